The van der Waals surface area contributed by atoms with Crippen LogP contribution < -0.4 is 20.1 Å². The number of hydrogen-bond acceptors (Lipinski definition) is 4. The lowest BCUT2D eigenvalue weighted by Crippen LogP contribution is -2.27. The average Bonchev–Trinajstić information content (AvgIpc) is 3.17. The lowest BCUT2D eigenvalue weighted by atomic mass is 10.0. The van der Waals surface area contributed by atoms with Gasteiger partial charge in [0.25, 0.3) is 5.91 Å². The molecule has 3 aromatic carbocycles. The summed E-state index contributed by atoms with van der Waals surface area (Å²) < 4.78 is 10.8. The molecule has 1 amide bonds. The Morgan fingerprint density at radius 3 is 2.54 bits per heavy atom. The molecule has 0 unspecified atom stereocenters. The summed E-state index contributed by atoms with van der Waals surface area (Å²) in [7, 11) is 0. The number of carbonyl (C=O) groups excluding carboxylic acids is 1. The van der Waals surface area contributed by atoms with Crippen molar-refractivity contribution < 1.29 is 14.3 Å². The van der Waals surface area contributed by atoms with Crippen LogP contribution >= 0.6 is 0 Å². The van der Waals surface area contributed by atoms with Gasteiger partial charge in [0.2, 0.25) is 6.79 Å². The van der Waals surface area contributed by atoms with Crippen molar-refractivity contribution in [2.75, 3.05) is 17.4 Å². The fourth-order valence-corrected chi connectivity index (χ4v) is 3.17. The van der Waals surface area contributed by atoms with E-state index in [2.05, 4.69) is 10.6 Å². The van der Waals surface area contributed by atoms with Crippen molar-refractivity contribution in [2.24, 2.45) is 0 Å². The molecule has 0 bridgehead atoms. The molecule has 0 aliphatic carbocycles. The van der Waals surface area contributed by atoms with Crippen LogP contribution in [0.1, 0.15) is 22.7 Å². The first-order valence-electron chi connectivity index (χ1n) is 9.19. The minimum atomic E-state index is -0.554. The quantitative estimate of drug-likeness (QED) is 0.672. The van der Waals surface area contributed by atoms with Crippen LogP contribution in [0.3, 0.4) is 0 Å². The van der Waals surface area contributed by atoms with Crippen LogP contribution in [0.2, 0.25) is 0 Å². The van der Waals surface area contributed by atoms with Gasteiger partial charge in [-0.2, -0.15) is 0 Å². The Labute approximate surface area is 164 Å². The molecule has 5 heteroatoms. The Morgan fingerprint density at radius 1 is 0.929 bits per heavy atom. The fourth-order valence-electron chi connectivity index (χ4n) is 3.17. The molecule has 0 aromatic heterocycles. The zero-order valence-electron chi connectivity index (χ0n) is 15.9. The van der Waals surface area contributed by atoms with Gasteiger partial charge in [0.1, 0.15) is 6.04 Å². The summed E-state index contributed by atoms with van der Waals surface area (Å²) in [6.45, 7) is 4.21. The lowest BCUT2D eigenvalue weighted by molar-refractivity contribution is -0.117. The molecule has 5 nitrogen and oxygen atoms in total. The maximum atomic E-state index is 13.2. The molecule has 1 atom stereocenters. The van der Waals surface area contributed by atoms with E-state index in [9.17, 15) is 4.79 Å². The van der Waals surface area contributed by atoms with E-state index in [1.165, 1.54) is 0 Å². The largest absolute Gasteiger partial charge is 0.454 e. The highest BCUT2D eigenvalue weighted by Gasteiger charge is 2.22. The van der Waals surface area contributed by atoms with Crippen molar-refractivity contribution >= 4 is 17.3 Å². The number of carbonyl (C=O) groups is 1. The van der Waals surface area contributed by atoms with Crippen LogP contribution in [0.4, 0.5) is 11.4 Å². The van der Waals surface area contributed by atoms with Crippen molar-refractivity contribution in [3.8, 4) is 11.5 Å². The highest BCUT2D eigenvalue weighted by molar-refractivity contribution is 5.98. The molecule has 2 N–H and O–H groups in total. The van der Waals surface area contributed by atoms with Gasteiger partial charge in [-0.25, -0.2) is 0 Å². The SMILES string of the molecule is Cc1ccc(C)c(NC(=O)[C@H](Nc2ccc3c(c2)OCO3)c2ccccc2)c1. The number of anilines is 2. The molecule has 0 saturated carbocycles. The Bertz CT molecular complexity index is 1000. The van der Waals surface area contributed by atoms with E-state index in [0.29, 0.717) is 11.5 Å². The molecule has 142 valence electrons. The molecule has 28 heavy (non-hydrogen) atoms. The zero-order valence-corrected chi connectivity index (χ0v) is 15.9. The van der Waals surface area contributed by atoms with Crippen molar-refractivity contribution in [3.63, 3.8) is 0 Å². The zero-order chi connectivity index (χ0) is 19.5. The van der Waals surface area contributed by atoms with E-state index < -0.39 is 6.04 Å². The van der Waals surface area contributed by atoms with Gasteiger partial charge in [0.05, 0.1) is 0 Å². The number of nitrogens with one attached hydrogen (secondary N) is 2. The standard InChI is InChI=1S/C23H22N2O3/c1-15-8-9-16(2)19(12-15)25-23(26)22(17-6-4-3-5-7-17)24-18-10-11-20-21(13-18)28-14-27-20/h3-13,22,24H,14H2,1-2H3,(H,25,26)/t22-/m1/s1. The normalized spacial score (nSPS) is 13.1. The van der Waals surface area contributed by atoms with Gasteiger partial charge in [-0.3, -0.25) is 4.79 Å². The minimum absolute atomic E-state index is 0.127. The Balaban J connectivity index is 1.62. The van der Waals surface area contributed by atoms with Gasteiger partial charge in [0, 0.05) is 17.4 Å². The predicted molar refractivity (Wildman–Crippen MR) is 110 cm³/mol. The van der Waals surface area contributed by atoms with Crippen LogP contribution in [0.15, 0.2) is 66.7 Å². The maximum Gasteiger partial charge on any atom is 0.251 e. The van der Waals surface area contributed by atoms with E-state index >= 15 is 0 Å². The highest BCUT2D eigenvalue weighted by Crippen LogP contribution is 2.35. The van der Waals surface area contributed by atoms with Crippen molar-refractivity contribution in [1.29, 1.82) is 0 Å². The predicted octanol–water partition coefficient (Wildman–Crippen LogP) is 4.82. The third-order valence-corrected chi connectivity index (χ3v) is 4.73. The number of hydrogen-bond donors (Lipinski definition) is 2. The van der Waals surface area contributed by atoms with E-state index in [1.54, 1.807) is 0 Å². The number of benzene rings is 3. The topological polar surface area (TPSA) is 59.6 Å². The number of ether oxygens (including phenoxy) is 2. The average molecular weight is 374 g/mol. The molecule has 0 saturated heterocycles. The highest BCUT2D eigenvalue weighted by atomic mass is 16.7. The summed E-state index contributed by atoms with van der Waals surface area (Å²) >= 11 is 0. The van der Waals surface area contributed by atoms with Crippen molar-refractivity contribution in [1.82, 2.24) is 0 Å². The van der Waals surface area contributed by atoms with Gasteiger partial charge in [-0.1, -0.05) is 42.5 Å². The first-order chi connectivity index (χ1) is 13.6. The lowest BCUT2D eigenvalue weighted by Gasteiger charge is -2.21. The van der Waals surface area contributed by atoms with Gasteiger partial charge in [0.15, 0.2) is 11.5 Å². The second-order valence-electron chi connectivity index (χ2n) is 6.86. The van der Waals surface area contributed by atoms with E-state index in [0.717, 1.165) is 28.1 Å². The molecule has 4 rings (SSSR count). The smallest absolute Gasteiger partial charge is 0.251 e. The minimum Gasteiger partial charge on any atom is -0.454 e. The molecule has 1 heterocycles. The van der Waals surface area contributed by atoms with Crippen LogP contribution in [0.25, 0.3) is 0 Å². The summed E-state index contributed by atoms with van der Waals surface area (Å²) in [4.78, 5) is 13.2. The maximum absolute atomic E-state index is 13.2. The number of fused-ring (bicyclic) bond motifs is 1. The molecular formula is C23H22N2O3. The number of rotatable bonds is 5. The van der Waals surface area contributed by atoms with Crippen molar-refractivity contribution in [2.45, 2.75) is 19.9 Å². The fraction of sp³-hybridized carbons (Fsp3) is 0.174. The van der Waals surface area contributed by atoms with E-state index in [4.69, 9.17) is 9.47 Å². The number of aryl methyl sites for hydroxylation is 2. The molecule has 0 fully saturated rings. The molecule has 1 aliphatic heterocycles. The van der Waals surface area contributed by atoms with Gasteiger partial charge in [-0.15, -0.1) is 0 Å². The van der Waals surface area contributed by atoms with Crippen LogP contribution in [-0.2, 0) is 4.79 Å². The van der Waals surface area contributed by atoms with E-state index in [1.807, 2.05) is 80.6 Å². The second kappa shape index (κ2) is 7.64. The summed E-state index contributed by atoms with van der Waals surface area (Å²) in [5, 5.41) is 6.40. The first kappa shape index (κ1) is 17.9. The van der Waals surface area contributed by atoms with Crippen molar-refractivity contribution in [3.05, 3.63) is 83.4 Å². The molecule has 0 spiro atoms. The summed E-state index contributed by atoms with van der Waals surface area (Å²) in [5.41, 5.74) is 4.60. The number of amides is 1. The summed E-state index contributed by atoms with van der Waals surface area (Å²) in [6, 6.07) is 20.7. The molecule has 1 aliphatic rings. The Kier molecular flexibility index (Phi) is 4.89. The van der Waals surface area contributed by atoms with E-state index in [-0.39, 0.29) is 12.7 Å². The Morgan fingerprint density at radius 2 is 1.71 bits per heavy atom. The van der Waals surface area contributed by atoms with Crippen LogP contribution in [0, 0.1) is 13.8 Å². The third-order valence-electron chi connectivity index (χ3n) is 4.73. The molecular weight excluding hydrogens is 352 g/mol. The Hall–Kier alpha value is -3.47. The molecule has 3 aromatic rings. The second-order valence-corrected chi connectivity index (χ2v) is 6.86. The van der Waals surface area contributed by atoms with Gasteiger partial charge in [-0.05, 0) is 48.7 Å². The van der Waals surface area contributed by atoms with Gasteiger partial charge < -0.3 is 20.1 Å². The molecule has 0 radical (unpaired) electrons. The monoisotopic (exact) mass is 374 g/mol. The summed E-state index contributed by atoms with van der Waals surface area (Å²) in [6.07, 6.45) is 0. The van der Waals surface area contributed by atoms with Crippen LogP contribution in [-0.4, -0.2) is 12.7 Å². The third kappa shape index (κ3) is 3.78. The van der Waals surface area contributed by atoms with Gasteiger partial charge >= 0.3 is 0 Å². The van der Waals surface area contributed by atoms with Crippen LogP contribution in [0.5, 0.6) is 11.5 Å². The summed E-state index contributed by atoms with van der Waals surface area (Å²) in [5.74, 6) is 1.26. The first-order valence-corrected chi connectivity index (χ1v) is 9.19.